The first-order chi connectivity index (χ1) is 8.74. The van der Waals surface area contributed by atoms with E-state index in [0.29, 0.717) is 0 Å². The minimum absolute atomic E-state index is 0.722. The van der Waals surface area contributed by atoms with Gasteiger partial charge in [-0.05, 0) is 49.5 Å². The summed E-state index contributed by atoms with van der Waals surface area (Å²) in [5.41, 5.74) is 2.84. The molecule has 1 aromatic rings. The molecule has 2 nitrogen and oxygen atoms in total. The smallest absolute Gasteiger partial charge is 0.0233 e. The maximum absolute atomic E-state index is 3.48. The molecular formula is C16H26N2. The zero-order valence-corrected chi connectivity index (χ0v) is 11.8. The molecule has 0 unspecified atom stereocenters. The van der Waals surface area contributed by atoms with Gasteiger partial charge in [0.2, 0.25) is 0 Å². The van der Waals surface area contributed by atoms with E-state index >= 15 is 0 Å². The fourth-order valence-corrected chi connectivity index (χ4v) is 2.47. The molecule has 1 N–H and O–H groups in total. The normalized spacial score (nSPS) is 16.6. The molecule has 1 heterocycles. The SMILES string of the molecule is CC(C)CNCc1ccc(CN2CCCC2)cc1. The van der Waals surface area contributed by atoms with Gasteiger partial charge < -0.3 is 5.32 Å². The van der Waals surface area contributed by atoms with E-state index in [4.69, 9.17) is 0 Å². The van der Waals surface area contributed by atoms with Crippen LogP contribution in [0.2, 0.25) is 0 Å². The van der Waals surface area contributed by atoms with Gasteiger partial charge in [-0.2, -0.15) is 0 Å². The van der Waals surface area contributed by atoms with E-state index in [1.165, 1.54) is 37.1 Å². The van der Waals surface area contributed by atoms with Crippen LogP contribution in [0.1, 0.15) is 37.8 Å². The molecule has 1 aromatic carbocycles. The molecule has 2 rings (SSSR count). The van der Waals surface area contributed by atoms with Crippen molar-refractivity contribution in [3.63, 3.8) is 0 Å². The van der Waals surface area contributed by atoms with Crippen molar-refractivity contribution >= 4 is 0 Å². The molecule has 1 aliphatic heterocycles. The van der Waals surface area contributed by atoms with Gasteiger partial charge in [0, 0.05) is 13.1 Å². The van der Waals surface area contributed by atoms with Crippen molar-refractivity contribution in [2.24, 2.45) is 5.92 Å². The van der Waals surface area contributed by atoms with E-state index in [0.717, 1.165) is 25.6 Å². The van der Waals surface area contributed by atoms with Crippen LogP contribution in [0.5, 0.6) is 0 Å². The van der Waals surface area contributed by atoms with Crippen LogP contribution < -0.4 is 5.32 Å². The fraction of sp³-hybridized carbons (Fsp3) is 0.625. The fourth-order valence-electron chi connectivity index (χ4n) is 2.47. The molecule has 0 aromatic heterocycles. The van der Waals surface area contributed by atoms with Gasteiger partial charge in [-0.3, -0.25) is 4.90 Å². The van der Waals surface area contributed by atoms with Crippen LogP contribution in [0.4, 0.5) is 0 Å². The van der Waals surface area contributed by atoms with E-state index < -0.39 is 0 Å². The van der Waals surface area contributed by atoms with Gasteiger partial charge >= 0.3 is 0 Å². The van der Waals surface area contributed by atoms with Crippen molar-refractivity contribution in [3.8, 4) is 0 Å². The predicted molar refractivity (Wildman–Crippen MR) is 77.5 cm³/mol. The predicted octanol–water partition coefficient (Wildman–Crippen LogP) is 3.03. The highest BCUT2D eigenvalue weighted by Gasteiger charge is 2.11. The van der Waals surface area contributed by atoms with Crippen molar-refractivity contribution < 1.29 is 0 Å². The third-order valence-corrected chi connectivity index (χ3v) is 3.51. The Balaban J connectivity index is 1.77. The summed E-state index contributed by atoms with van der Waals surface area (Å²) in [4.78, 5) is 2.55. The molecule has 1 aliphatic rings. The van der Waals surface area contributed by atoms with Crippen LogP contribution in [-0.4, -0.2) is 24.5 Å². The molecule has 1 saturated heterocycles. The minimum Gasteiger partial charge on any atom is -0.312 e. The number of nitrogens with one attached hydrogen (secondary N) is 1. The number of nitrogens with zero attached hydrogens (tertiary/aromatic N) is 1. The number of hydrogen-bond acceptors (Lipinski definition) is 2. The summed E-state index contributed by atoms with van der Waals surface area (Å²) in [7, 11) is 0. The Labute approximate surface area is 111 Å². The molecule has 0 spiro atoms. The van der Waals surface area contributed by atoms with Crippen molar-refractivity contribution in [1.29, 1.82) is 0 Å². The first-order valence-corrected chi connectivity index (χ1v) is 7.25. The summed E-state index contributed by atoms with van der Waals surface area (Å²) in [6, 6.07) is 9.09. The second kappa shape index (κ2) is 6.91. The van der Waals surface area contributed by atoms with Crippen LogP contribution in [0, 0.1) is 5.92 Å². The van der Waals surface area contributed by atoms with E-state index in [9.17, 15) is 0 Å². The van der Waals surface area contributed by atoms with E-state index in [1.54, 1.807) is 0 Å². The highest BCUT2D eigenvalue weighted by molar-refractivity contribution is 5.22. The second-order valence-corrected chi connectivity index (χ2v) is 5.82. The van der Waals surface area contributed by atoms with Crippen molar-refractivity contribution in [1.82, 2.24) is 10.2 Å². The molecule has 18 heavy (non-hydrogen) atoms. The molecule has 0 amide bonds. The van der Waals surface area contributed by atoms with Crippen molar-refractivity contribution in [2.75, 3.05) is 19.6 Å². The zero-order chi connectivity index (χ0) is 12.8. The lowest BCUT2D eigenvalue weighted by Crippen LogP contribution is -2.19. The lowest BCUT2D eigenvalue weighted by molar-refractivity contribution is 0.331. The topological polar surface area (TPSA) is 15.3 Å². The number of benzene rings is 1. The Morgan fingerprint density at radius 3 is 2.28 bits per heavy atom. The number of likely N-dealkylation sites (tertiary alicyclic amines) is 1. The van der Waals surface area contributed by atoms with Gasteiger partial charge in [0.25, 0.3) is 0 Å². The van der Waals surface area contributed by atoms with Crippen molar-refractivity contribution in [2.45, 2.75) is 39.8 Å². The van der Waals surface area contributed by atoms with Crippen LogP contribution >= 0.6 is 0 Å². The maximum Gasteiger partial charge on any atom is 0.0233 e. The van der Waals surface area contributed by atoms with Gasteiger partial charge in [-0.15, -0.1) is 0 Å². The van der Waals surface area contributed by atoms with Gasteiger partial charge in [-0.1, -0.05) is 38.1 Å². The number of rotatable bonds is 6. The summed E-state index contributed by atoms with van der Waals surface area (Å²) in [6.07, 6.45) is 2.74. The monoisotopic (exact) mass is 246 g/mol. The van der Waals surface area contributed by atoms with Gasteiger partial charge in [-0.25, -0.2) is 0 Å². The van der Waals surface area contributed by atoms with Crippen LogP contribution in [0.15, 0.2) is 24.3 Å². The molecule has 0 radical (unpaired) electrons. The highest BCUT2D eigenvalue weighted by Crippen LogP contribution is 2.13. The van der Waals surface area contributed by atoms with Crippen molar-refractivity contribution in [3.05, 3.63) is 35.4 Å². The van der Waals surface area contributed by atoms with E-state index in [2.05, 4.69) is 48.3 Å². The Bertz CT molecular complexity index is 337. The standard InChI is InChI=1S/C16H26N2/c1-14(2)11-17-12-15-5-7-16(8-6-15)13-18-9-3-4-10-18/h5-8,14,17H,3-4,9-13H2,1-2H3. The zero-order valence-electron chi connectivity index (χ0n) is 11.8. The minimum atomic E-state index is 0.722. The lowest BCUT2D eigenvalue weighted by atomic mass is 10.1. The summed E-state index contributed by atoms with van der Waals surface area (Å²) in [5.74, 6) is 0.722. The van der Waals surface area contributed by atoms with Gasteiger partial charge in [0.05, 0.1) is 0 Å². The second-order valence-electron chi connectivity index (χ2n) is 5.82. The van der Waals surface area contributed by atoms with Crippen LogP contribution in [-0.2, 0) is 13.1 Å². The Morgan fingerprint density at radius 2 is 1.67 bits per heavy atom. The molecule has 1 fully saturated rings. The van der Waals surface area contributed by atoms with E-state index in [1.807, 2.05) is 0 Å². The summed E-state index contributed by atoms with van der Waals surface area (Å²) >= 11 is 0. The Kier molecular flexibility index (Phi) is 5.21. The first kappa shape index (κ1) is 13.6. The highest BCUT2D eigenvalue weighted by atomic mass is 15.1. The molecule has 0 bridgehead atoms. The third-order valence-electron chi connectivity index (χ3n) is 3.51. The molecule has 100 valence electrons. The van der Waals surface area contributed by atoms with Crippen LogP contribution in [0.25, 0.3) is 0 Å². The maximum atomic E-state index is 3.48. The van der Waals surface area contributed by atoms with Gasteiger partial charge in [0.1, 0.15) is 0 Å². The Hall–Kier alpha value is -0.860. The molecule has 0 aliphatic carbocycles. The average molecular weight is 246 g/mol. The quantitative estimate of drug-likeness (QED) is 0.830. The molecule has 0 atom stereocenters. The lowest BCUT2D eigenvalue weighted by Gasteiger charge is -2.14. The van der Waals surface area contributed by atoms with Crippen LogP contribution in [0.3, 0.4) is 0 Å². The summed E-state index contributed by atoms with van der Waals surface area (Å²) in [5, 5.41) is 3.48. The molecule has 0 saturated carbocycles. The number of hydrogen-bond donors (Lipinski definition) is 1. The average Bonchev–Trinajstić information content (AvgIpc) is 2.84. The Morgan fingerprint density at radius 1 is 1.06 bits per heavy atom. The van der Waals surface area contributed by atoms with E-state index in [-0.39, 0.29) is 0 Å². The summed E-state index contributed by atoms with van der Waals surface area (Å²) < 4.78 is 0. The molecule has 2 heteroatoms. The molecular weight excluding hydrogens is 220 g/mol. The largest absolute Gasteiger partial charge is 0.312 e. The first-order valence-electron chi connectivity index (χ1n) is 7.25. The third kappa shape index (κ3) is 4.43. The van der Waals surface area contributed by atoms with Gasteiger partial charge in [0.15, 0.2) is 0 Å². The summed E-state index contributed by atoms with van der Waals surface area (Å²) in [6.45, 7) is 10.2.